The molecule has 12 heteroatoms. The minimum atomic E-state index is -9.80. The molecule has 1 aromatic carbocycles. The molecule has 37 heavy (non-hydrogen) atoms. The molecule has 2 aliphatic rings. The summed E-state index contributed by atoms with van der Waals surface area (Å²) in [4.78, 5) is 19.4. The molecule has 3 atom stereocenters. The number of carbonyl (C=O) groups is 1. The predicted molar refractivity (Wildman–Crippen MR) is 135 cm³/mol. The van der Waals surface area contributed by atoms with Crippen LogP contribution in [0.25, 0.3) is 0 Å². The Hall–Kier alpha value is -1.98. The van der Waals surface area contributed by atoms with Crippen molar-refractivity contribution >= 4 is 33.4 Å². The van der Waals surface area contributed by atoms with Crippen molar-refractivity contribution in [2.45, 2.75) is 69.2 Å². The molecule has 3 unspecified atom stereocenters. The van der Waals surface area contributed by atoms with Gasteiger partial charge in [-0.05, 0) is 80.7 Å². The third-order valence-corrected chi connectivity index (χ3v) is 8.47. The summed E-state index contributed by atoms with van der Waals surface area (Å²) in [6.07, 6.45) is 5.95. The van der Waals surface area contributed by atoms with Crippen LogP contribution in [0, 0.1) is 11.8 Å². The first-order valence-corrected chi connectivity index (χ1v) is 14.8. The van der Waals surface area contributed by atoms with Gasteiger partial charge in [0.1, 0.15) is 16.5 Å². The van der Waals surface area contributed by atoms with Crippen LogP contribution < -0.4 is 5.32 Å². The van der Waals surface area contributed by atoms with E-state index in [0.717, 1.165) is 49.6 Å². The van der Waals surface area contributed by atoms with Gasteiger partial charge in [0.25, 0.3) is 0 Å². The number of halogens is 6. The smallest absolute Gasteiger partial charge is 0.310 e. The molecule has 1 aliphatic heterocycles. The quantitative estimate of drug-likeness (QED) is 0.257. The van der Waals surface area contributed by atoms with Gasteiger partial charge >= 0.3 is 10.2 Å². The van der Waals surface area contributed by atoms with Crippen LogP contribution in [0.2, 0.25) is 5.28 Å². The standard InChI is InChI=1S/C25H31ClF5N3O2S/c1-16(19-6-4-7-20(15-19)37(27,28,29,30)31)32-24-21-13-17(14-22(21)33-25(26)34-24)8-9-23(35)18-5-2-3-11-36-12-10-18/h4,6-7,15-18H,2-3,5,8-14H2,1H3,(H,32,33,34). The minimum Gasteiger partial charge on any atom is -0.381 e. The molecule has 2 aromatic rings. The van der Waals surface area contributed by atoms with Crippen LogP contribution >= 0.6 is 21.8 Å². The van der Waals surface area contributed by atoms with Crippen LogP contribution in [0.1, 0.15) is 68.3 Å². The highest BCUT2D eigenvalue weighted by atomic mass is 35.5. The van der Waals surface area contributed by atoms with Crippen molar-refractivity contribution in [1.82, 2.24) is 9.97 Å². The van der Waals surface area contributed by atoms with Crippen molar-refractivity contribution in [3.8, 4) is 0 Å². The van der Waals surface area contributed by atoms with Gasteiger partial charge in [-0.15, -0.1) is 0 Å². The Morgan fingerprint density at radius 2 is 1.92 bits per heavy atom. The fourth-order valence-corrected chi connectivity index (χ4v) is 5.97. The van der Waals surface area contributed by atoms with Crippen molar-refractivity contribution in [3.05, 3.63) is 46.4 Å². The molecule has 0 saturated carbocycles. The molecule has 5 nitrogen and oxygen atoms in total. The van der Waals surface area contributed by atoms with E-state index in [4.69, 9.17) is 16.3 Å². The second-order valence-electron chi connectivity index (χ2n) is 10.0. The molecule has 206 valence electrons. The molecule has 1 aliphatic carbocycles. The van der Waals surface area contributed by atoms with Gasteiger partial charge in [0.15, 0.2) is 0 Å². The third-order valence-electron chi connectivity index (χ3n) is 7.15. The summed E-state index contributed by atoms with van der Waals surface area (Å²) in [5.74, 6) is 0.801. The fourth-order valence-electron chi connectivity index (χ4n) is 5.09. The SMILES string of the molecule is CC(Nc1nc(Cl)nc2c1CC(CCC(=O)C1CCCCOCC1)C2)c1cccc(S(F)(F)(F)(F)F)c1. The maximum absolute atomic E-state index is 13.3. The largest absolute Gasteiger partial charge is 0.381 e. The molecule has 0 amide bonds. The summed E-state index contributed by atoms with van der Waals surface area (Å²) >= 11 is 6.11. The topological polar surface area (TPSA) is 64.1 Å². The van der Waals surface area contributed by atoms with Gasteiger partial charge in [-0.2, -0.15) is 0 Å². The van der Waals surface area contributed by atoms with Crippen molar-refractivity contribution in [2.24, 2.45) is 11.8 Å². The summed E-state index contributed by atoms with van der Waals surface area (Å²) in [6.45, 7) is 2.93. The first-order chi connectivity index (χ1) is 17.2. The van der Waals surface area contributed by atoms with E-state index in [1.54, 1.807) is 6.92 Å². The first kappa shape index (κ1) is 28.0. The second-order valence-corrected chi connectivity index (χ2v) is 12.8. The number of nitrogens with one attached hydrogen (secondary N) is 1. The van der Waals surface area contributed by atoms with E-state index >= 15 is 0 Å². The number of rotatable bonds is 8. The molecule has 1 N–H and O–H groups in total. The zero-order valence-corrected chi connectivity index (χ0v) is 22.1. The van der Waals surface area contributed by atoms with Gasteiger partial charge in [-0.25, -0.2) is 9.97 Å². The number of hydrogen-bond acceptors (Lipinski definition) is 5. The molecule has 0 bridgehead atoms. The second kappa shape index (κ2) is 9.96. The highest BCUT2D eigenvalue weighted by Crippen LogP contribution is 3.02. The number of benzene rings is 1. The highest BCUT2D eigenvalue weighted by Gasteiger charge is 2.65. The lowest BCUT2D eigenvalue weighted by atomic mass is 9.88. The van der Waals surface area contributed by atoms with Crippen LogP contribution in [0.5, 0.6) is 0 Å². The van der Waals surface area contributed by atoms with Crippen molar-refractivity contribution < 1.29 is 29.0 Å². The van der Waals surface area contributed by atoms with Crippen LogP contribution in [-0.2, 0) is 22.4 Å². The molecular weight excluding hydrogens is 537 g/mol. The average Bonchev–Trinajstić information content (AvgIpc) is 3.19. The number of nitrogens with zero attached hydrogens (tertiary/aromatic N) is 2. The fraction of sp³-hybridized carbons (Fsp3) is 0.560. The molecule has 0 radical (unpaired) electrons. The Balaban J connectivity index is 1.43. The monoisotopic (exact) mass is 567 g/mol. The maximum atomic E-state index is 13.3. The van der Waals surface area contributed by atoms with Gasteiger partial charge in [0, 0.05) is 37.2 Å². The summed E-state index contributed by atoms with van der Waals surface area (Å²) in [5.41, 5.74) is 1.56. The van der Waals surface area contributed by atoms with E-state index in [0.29, 0.717) is 50.2 Å². The first-order valence-electron chi connectivity index (χ1n) is 12.5. The van der Waals surface area contributed by atoms with E-state index in [1.807, 2.05) is 0 Å². The number of ketones is 1. The van der Waals surface area contributed by atoms with Crippen LogP contribution in [0.15, 0.2) is 29.2 Å². The van der Waals surface area contributed by atoms with Gasteiger partial charge in [0.2, 0.25) is 5.28 Å². The van der Waals surface area contributed by atoms with Gasteiger partial charge in [0.05, 0.1) is 5.69 Å². The Morgan fingerprint density at radius 3 is 2.68 bits per heavy atom. The number of carbonyl (C=O) groups excluding carboxylic acids is 1. The molecule has 1 fully saturated rings. The Morgan fingerprint density at radius 1 is 1.14 bits per heavy atom. The summed E-state index contributed by atoms with van der Waals surface area (Å²) in [7, 11) is -9.80. The molecule has 0 spiro atoms. The van der Waals surface area contributed by atoms with Gasteiger partial charge in [-0.1, -0.05) is 38.0 Å². The lowest BCUT2D eigenvalue weighted by molar-refractivity contribution is -0.124. The highest BCUT2D eigenvalue weighted by molar-refractivity contribution is 8.45. The average molecular weight is 568 g/mol. The van der Waals surface area contributed by atoms with E-state index < -0.39 is 21.2 Å². The lowest BCUT2D eigenvalue weighted by Gasteiger charge is -2.40. The van der Waals surface area contributed by atoms with E-state index in [-0.39, 0.29) is 28.5 Å². The number of fused-ring (bicyclic) bond motifs is 1. The van der Waals surface area contributed by atoms with Crippen LogP contribution in [-0.4, -0.2) is 29.0 Å². The molecule has 2 heterocycles. The minimum absolute atomic E-state index is 0.0135. The maximum Gasteiger partial charge on any atom is 0.310 e. The van der Waals surface area contributed by atoms with Crippen LogP contribution in [0.3, 0.4) is 0 Å². The van der Waals surface area contributed by atoms with E-state index in [9.17, 15) is 24.2 Å². The normalized spacial score (nSPS) is 23.2. The van der Waals surface area contributed by atoms with Crippen molar-refractivity contribution in [1.29, 1.82) is 0 Å². The van der Waals surface area contributed by atoms with Crippen LogP contribution in [0.4, 0.5) is 25.2 Å². The number of ether oxygens (including phenoxy) is 1. The lowest BCUT2D eigenvalue weighted by Crippen LogP contribution is -2.20. The Bertz CT molecular complexity index is 1160. The summed E-state index contributed by atoms with van der Waals surface area (Å²) < 4.78 is 72.0. The van der Waals surface area contributed by atoms with Gasteiger partial charge < -0.3 is 10.1 Å². The predicted octanol–water partition coefficient (Wildman–Crippen LogP) is 8.23. The number of hydrogen-bond donors (Lipinski definition) is 1. The van der Waals surface area contributed by atoms with E-state index in [1.165, 1.54) is 6.07 Å². The van der Waals surface area contributed by atoms with E-state index in [2.05, 4.69) is 15.3 Å². The van der Waals surface area contributed by atoms with Gasteiger partial charge in [-0.3, -0.25) is 4.79 Å². The zero-order chi connectivity index (χ0) is 26.9. The molecule has 1 aromatic heterocycles. The molecular formula is C25H31ClF5N3O2S. The zero-order valence-electron chi connectivity index (χ0n) is 20.5. The number of anilines is 1. The third kappa shape index (κ3) is 7.32. The Kier molecular flexibility index (Phi) is 7.55. The van der Waals surface area contributed by atoms with Crippen molar-refractivity contribution in [3.63, 3.8) is 0 Å². The molecule has 1 saturated heterocycles. The van der Waals surface area contributed by atoms with Crippen molar-refractivity contribution in [2.75, 3.05) is 18.5 Å². The number of aromatic nitrogens is 2. The molecule has 4 rings (SSSR count). The summed E-state index contributed by atoms with van der Waals surface area (Å²) in [5, 5.41) is 3.02. The summed E-state index contributed by atoms with van der Waals surface area (Å²) in [6, 6.07) is 2.41. The number of Topliss-reactive ketones (excluding diaryl/α,β-unsaturated/α-hetero) is 1. The Labute approximate surface area is 218 Å².